The van der Waals surface area contributed by atoms with Crippen LogP contribution in [0.2, 0.25) is 0 Å². The molecule has 0 aromatic rings. The van der Waals surface area contributed by atoms with Crippen LogP contribution < -0.4 is 0 Å². The molecule has 11 heavy (non-hydrogen) atoms. The van der Waals surface area contributed by atoms with Crippen LogP contribution in [0, 0.1) is 0 Å². The Hall–Kier alpha value is -0.360. The van der Waals surface area contributed by atoms with Gasteiger partial charge in [0.25, 0.3) is 0 Å². The number of esters is 2. The summed E-state index contributed by atoms with van der Waals surface area (Å²) in [5.41, 5.74) is 0. The van der Waals surface area contributed by atoms with Crippen molar-refractivity contribution >= 4 is 37.2 Å². The smallest absolute Gasteiger partial charge is 0.318 e. The van der Waals surface area contributed by atoms with E-state index in [9.17, 15) is 9.59 Å². The molecule has 6 heteroatoms. The van der Waals surface area contributed by atoms with Crippen molar-refractivity contribution in [1.82, 2.24) is 0 Å². The second-order valence-electron chi connectivity index (χ2n) is 1.47. The third-order valence-corrected chi connectivity index (χ3v) is 1.21. The van der Waals surface area contributed by atoms with E-state index in [4.69, 9.17) is 0 Å². The van der Waals surface area contributed by atoms with Gasteiger partial charge in [-0.15, -0.1) is 0 Å². The van der Waals surface area contributed by atoms with E-state index in [2.05, 4.69) is 34.7 Å². The van der Waals surface area contributed by atoms with E-state index in [1.807, 2.05) is 0 Å². The highest BCUT2D eigenvalue weighted by Gasteiger charge is 2.01. The first-order valence-electron chi connectivity index (χ1n) is 2.73. The van der Waals surface area contributed by atoms with Crippen LogP contribution in [0.25, 0.3) is 0 Å². The first-order valence-corrected chi connectivity index (χ1v) is 4.00. The van der Waals surface area contributed by atoms with Crippen molar-refractivity contribution in [2.24, 2.45) is 0 Å². The van der Waals surface area contributed by atoms with Crippen LogP contribution >= 0.6 is 25.3 Å². The van der Waals surface area contributed by atoms with Crippen LogP contribution in [0.3, 0.4) is 0 Å². The van der Waals surface area contributed by atoms with Crippen molar-refractivity contribution in [3.8, 4) is 0 Å². The molecule has 4 nitrogen and oxygen atoms in total. The van der Waals surface area contributed by atoms with Gasteiger partial charge in [0, 0.05) is 0 Å². The molecular weight excluding hydrogens is 188 g/mol. The number of hydrogen-bond donors (Lipinski definition) is 2. The van der Waals surface area contributed by atoms with Crippen LogP contribution in [0.4, 0.5) is 0 Å². The third kappa shape index (κ3) is 6.05. The SMILES string of the molecule is O=C(CS)OCOC(=O)CS. The molecule has 0 spiro atoms. The largest absolute Gasteiger partial charge is 0.427 e. The number of carbonyl (C=O) groups is 2. The van der Waals surface area contributed by atoms with E-state index in [0.29, 0.717) is 0 Å². The van der Waals surface area contributed by atoms with Gasteiger partial charge in [0.1, 0.15) is 0 Å². The minimum Gasteiger partial charge on any atom is -0.427 e. The van der Waals surface area contributed by atoms with E-state index in [1.54, 1.807) is 0 Å². The zero-order valence-electron chi connectivity index (χ0n) is 5.65. The van der Waals surface area contributed by atoms with Crippen molar-refractivity contribution in [2.45, 2.75) is 0 Å². The van der Waals surface area contributed by atoms with E-state index in [-0.39, 0.29) is 18.3 Å². The Kier molecular flexibility index (Phi) is 6.15. The average Bonchev–Trinajstić information content (AvgIpc) is 2.04. The Bertz CT molecular complexity index is 131. The molecule has 0 rings (SSSR count). The van der Waals surface area contributed by atoms with E-state index in [1.165, 1.54) is 0 Å². The second-order valence-corrected chi connectivity index (χ2v) is 2.10. The molecular formula is C5H8O4S2. The Balaban J connectivity index is 3.27. The average molecular weight is 196 g/mol. The fraction of sp³-hybridized carbons (Fsp3) is 0.600. The maximum atomic E-state index is 10.4. The minimum absolute atomic E-state index is 0.0293. The Morgan fingerprint density at radius 3 is 1.64 bits per heavy atom. The molecule has 64 valence electrons. The molecule has 0 fully saturated rings. The Labute approximate surface area is 75.1 Å². The van der Waals surface area contributed by atoms with E-state index in [0.717, 1.165) is 0 Å². The van der Waals surface area contributed by atoms with Gasteiger partial charge < -0.3 is 9.47 Å². The van der Waals surface area contributed by atoms with Crippen LogP contribution in [-0.4, -0.2) is 30.2 Å². The predicted octanol–water partition coefficient (Wildman–Crippen LogP) is -0.110. The van der Waals surface area contributed by atoms with Crippen molar-refractivity contribution in [2.75, 3.05) is 18.3 Å². The highest BCUT2D eigenvalue weighted by molar-refractivity contribution is 7.81. The lowest BCUT2D eigenvalue weighted by molar-refractivity contribution is -0.163. The number of ether oxygens (including phenoxy) is 2. The number of hydrogen-bond acceptors (Lipinski definition) is 6. The van der Waals surface area contributed by atoms with Crippen LogP contribution in [-0.2, 0) is 19.1 Å². The summed E-state index contributed by atoms with van der Waals surface area (Å²) in [6.07, 6.45) is 0. The summed E-state index contributed by atoms with van der Waals surface area (Å²) < 4.78 is 8.74. The first kappa shape index (κ1) is 10.6. The van der Waals surface area contributed by atoms with E-state index >= 15 is 0 Å². The van der Waals surface area contributed by atoms with Crippen LogP contribution in [0.5, 0.6) is 0 Å². The van der Waals surface area contributed by atoms with Gasteiger partial charge in [-0.3, -0.25) is 9.59 Å². The molecule has 0 aromatic heterocycles. The monoisotopic (exact) mass is 196 g/mol. The highest BCUT2D eigenvalue weighted by Crippen LogP contribution is 1.86. The summed E-state index contributed by atoms with van der Waals surface area (Å²) in [6.45, 7) is -0.362. The standard InChI is InChI=1S/C5H8O4S2/c6-4(1-10)8-3-9-5(7)2-11/h10-11H,1-3H2. The summed E-state index contributed by atoms with van der Waals surface area (Å²) in [7, 11) is 0. The molecule has 0 atom stereocenters. The second kappa shape index (κ2) is 6.36. The molecule has 0 aliphatic carbocycles. The van der Waals surface area contributed by atoms with Gasteiger partial charge in [-0.05, 0) is 0 Å². The summed E-state index contributed by atoms with van der Waals surface area (Å²) >= 11 is 7.27. The normalized spacial score (nSPS) is 8.91. The number of thiol groups is 2. The maximum Gasteiger partial charge on any atom is 0.318 e. The summed E-state index contributed by atoms with van der Waals surface area (Å²) in [5, 5.41) is 0. The topological polar surface area (TPSA) is 52.6 Å². The van der Waals surface area contributed by atoms with Gasteiger partial charge in [-0.1, -0.05) is 0 Å². The molecule has 0 bridgehead atoms. The lowest BCUT2D eigenvalue weighted by Gasteiger charge is -2.02. The zero-order chi connectivity index (χ0) is 8.69. The van der Waals surface area contributed by atoms with Crippen LogP contribution in [0.15, 0.2) is 0 Å². The molecule has 0 saturated carbocycles. The molecule has 0 heterocycles. The molecule has 0 amide bonds. The maximum absolute atomic E-state index is 10.4. The van der Waals surface area contributed by atoms with Crippen molar-refractivity contribution in [1.29, 1.82) is 0 Å². The predicted molar refractivity (Wildman–Crippen MR) is 44.8 cm³/mol. The lowest BCUT2D eigenvalue weighted by atomic mass is 10.8. The quantitative estimate of drug-likeness (QED) is 0.374. The Morgan fingerprint density at radius 1 is 1.00 bits per heavy atom. The Morgan fingerprint density at radius 2 is 1.36 bits per heavy atom. The van der Waals surface area contributed by atoms with Crippen molar-refractivity contribution in [3.63, 3.8) is 0 Å². The highest BCUT2D eigenvalue weighted by atomic mass is 32.1. The molecule has 0 radical (unpaired) electrons. The third-order valence-electron chi connectivity index (χ3n) is 0.698. The zero-order valence-corrected chi connectivity index (χ0v) is 7.44. The fourth-order valence-electron chi connectivity index (χ4n) is 0.252. The van der Waals surface area contributed by atoms with Gasteiger partial charge >= 0.3 is 11.9 Å². The number of carbonyl (C=O) groups excluding carboxylic acids is 2. The summed E-state index contributed by atoms with van der Waals surface area (Å²) in [6, 6.07) is 0. The molecule has 0 aliphatic heterocycles. The van der Waals surface area contributed by atoms with Crippen molar-refractivity contribution < 1.29 is 19.1 Å². The van der Waals surface area contributed by atoms with Gasteiger partial charge in [-0.2, -0.15) is 25.3 Å². The number of rotatable bonds is 4. The molecule has 0 aromatic carbocycles. The van der Waals surface area contributed by atoms with Crippen molar-refractivity contribution in [3.05, 3.63) is 0 Å². The van der Waals surface area contributed by atoms with Gasteiger partial charge in [0.05, 0.1) is 11.5 Å². The van der Waals surface area contributed by atoms with E-state index < -0.39 is 11.9 Å². The summed E-state index contributed by atoms with van der Waals surface area (Å²) in [4.78, 5) is 20.7. The molecule has 0 aliphatic rings. The molecule has 0 unspecified atom stereocenters. The first-order chi connectivity index (χ1) is 5.20. The molecule has 0 saturated heterocycles. The molecule has 0 N–H and O–H groups in total. The van der Waals surface area contributed by atoms with Crippen LogP contribution in [0.1, 0.15) is 0 Å². The lowest BCUT2D eigenvalue weighted by Crippen LogP contribution is -2.13. The van der Waals surface area contributed by atoms with Gasteiger partial charge in [0.2, 0.25) is 6.79 Å². The fourth-order valence-corrected chi connectivity index (χ4v) is 0.435. The van der Waals surface area contributed by atoms with Gasteiger partial charge in [-0.25, -0.2) is 0 Å². The summed E-state index contributed by atoms with van der Waals surface area (Å²) in [5.74, 6) is -1.11. The van der Waals surface area contributed by atoms with Gasteiger partial charge in [0.15, 0.2) is 0 Å². The minimum atomic E-state index is -0.528.